The SMILES string of the molecule is CCC(CC(CN)CO)c1ccc(F)c(F)c1. The third kappa shape index (κ3) is 3.75. The number of halogens is 2. The van der Waals surface area contributed by atoms with Crippen molar-refractivity contribution in [2.45, 2.75) is 25.7 Å². The fourth-order valence-electron chi connectivity index (χ4n) is 1.95. The first-order chi connectivity index (χ1) is 8.12. The summed E-state index contributed by atoms with van der Waals surface area (Å²) in [5.74, 6) is -1.55. The number of hydrogen-bond donors (Lipinski definition) is 2. The van der Waals surface area contributed by atoms with Crippen molar-refractivity contribution in [2.75, 3.05) is 13.2 Å². The largest absolute Gasteiger partial charge is 0.396 e. The summed E-state index contributed by atoms with van der Waals surface area (Å²) in [6, 6.07) is 3.97. The molecule has 0 bridgehead atoms. The Bertz CT molecular complexity index is 353. The van der Waals surface area contributed by atoms with Gasteiger partial charge < -0.3 is 10.8 Å². The van der Waals surface area contributed by atoms with E-state index in [-0.39, 0.29) is 18.4 Å². The Morgan fingerprint density at radius 3 is 2.47 bits per heavy atom. The molecule has 0 radical (unpaired) electrons. The van der Waals surface area contributed by atoms with E-state index in [1.54, 1.807) is 6.07 Å². The van der Waals surface area contributed by atoms with Gasteiger partial charge in [-0.25, -0.2) is 8.78 Å². The van der Waals surface area contributed by atoms with E-state index in [2.05, 4.69) is 0 Å². The van der Waals surface area contributed by atoms with Crippen LogP contribution in [0.2, 0.25) is 0 Å². The van der Waals surface area contributed by atoms with Gasteiger partial charge in [-0.15, -0.1) is 0 Å². The molecule has 0 aromatic heterocycles. The fourth-order valence-corrected chi connectivity index (χ4v) is 1.95. The summed E-state index contributed by atoms with van der Waals surface area (Å²) in [6.45, 7) is 2.41. The van der Waals surface area contributed by atoms with Crippen molar-refractivity contribution < 1.29 is 13.9 Å². The van der Waals surface area contributed by atoms with Gasteiger partial charge >= 0.3 is 0 Å². The van der Waals surface area contributed by atoms with Gasteiger partial charge in [-0.2, -0.15) is 0 Å². The maximum atomic E-state index is 13.1. The molecule has 2 unspecified atom stereocenters. The Morgan fingerprint density at radius 1 is 1.29 bits per heavy atom. The fraction of sp³-hybridized carbons (Fsp3) is 0.538. The minimum absolute atomic E-state index is 0.00747. The normalized spacial score (nSPS) is 14.6. The Morgan fingerprint density at radius 2 is 2.00 bits per heavy atom. The second-order valence-electron chi connectivity index (χ2n) is 4.30. The Hall–Kier alpha value is -1.00. The molecule has 0 amide bonds. The summed E-state index contributed by atoms with van der Waals surface area (Å²) in [5.41, 5.74) is 6.29. The molecule has 0 aliphatic rings. The summed E-state index contributed by atoms with van der Waals surface area (Å²) in [6.07, 6.45) is 1.50. The maximum Gasteiger partial charge on any atom is 0.159 e. The molecule has 0 saturated carbocycles. The Balaban J connectivity index is 2.82. The van der Waals surface area contributed by atoms with Crippen molar-refractivity contribution in [3.8, 4) is 0 Å². The molecule has 1 aromatic carbocycles. The first kappa shape index (κ1) is 14.1. The molecule has 1 aromatic rings. The maximum absolute atomic E-state index is 13.1. The summed E-state index contributed by atoms with van der Waals surface area (Å²) < 4.78 is 26.0. The monoisotopic (exact) mass is 243 g/mol. The molecule has 0 fully saturated rings. The molecule has 2 nitrogen and oxygen atoms in total. The van der Waals surface area contributed by atoms with Crippen molar-refractivity contribution >= 4 is 0 Å². The molecule has 96 valence electrons. The van der Waals surface area contributed by atoms with Gasteiger partial charge in [0.15, 0.2) is 11.6 Å². The summed E-state index contributed by atoms with van der Waals surface area (Å²) in [5, 5.41) is 9.10. The van der Waals surface area contributed by atoms with E-state index in [0.717, 1.165) is 18.1 Å². The van der Waals surface area contributed by atoms with E-state index in [1.807, 2.05) is 6.92 Å². The van der Waals surface area contributed by atoms with E-state index in [9.17, 15) is 8.78 Å². The summed E-state index contributed by atoms with van der Waals surface area (Å²) in [7, 11) is 0. The van der Waals surface area contributed by atoms with E-state index in [4.69, 9.17) is 10.8 Å². The smallest absolute Gasteiger partial charge is 0.159 e. The average Bonchev–Trinajstić information content (AvgIpc) is 2.35. The van der Waals surface area contributed by atoms with Gasteiger partial charge in [-0.3, -0.25) is 0 Å². The number of aliphatic hydroxyl groups is 1. The van der Waals surface area contributed by atoms with Crippen LogP contribution >= 0.6 is 0 Å². The van der Waals surface area contributed by atoms with Crippen LogP contribution in [0, 0.1) is 17.6 Å². The minimum atomic E-state index is -0.832. The van der Waals surface area contributed by atoms with Gasteiger partial charge in [-0.1, -0.05) is 13.0 Å². The lowest BCUT2D eigenvalue weighted by Crippen LogP contribution is -2.20. The van der Waals surface area contributed by atoms with Gasteiger partial charge in [0.1, 0.15) is 0 Å². The van der Waals surface area contributed by atoms with Gasteiger partial charge in [0.05, 0.1) is 0 Å². The number of hydrogen-bond acceptors (Lipinski definition) is 2. The molecule has 0 heterocycles. The molecule has 0 aliphatic carbocycles. The molecular formula is C13H19F2NO. The molecular weight excluding hydrogens is 224 g/mol. The van der Waals surface area contributed by atoms with Gasteiger partial charge in [-0.05, 0) is 48.9 Å². The number of benzene rings is 1. The second kappa shape index (κ2) is 6.67. The summed E-state index contributed by atoms with van der Waals surface area (Å²) in [4.78, 5) is 0. The third-order valence-electron chi connectivity index (χ3n) is 3.12. The van der Waals surface area contributed by atoms with E-state index in [0.29, 0.717) is 13.0 Å². The van der Waals surface area contributed by atoms with Gasteiger partial charge in [0.25, 0.3) is 0 Å². The highest BCUT2D eigenvalue weighted by molar-refractivity contribution is 5.21. The molecule has 17 heavy (non-hydrogen) atoms. The number of rotatable bonds is 6. The highest BCUT2D eigenvalue weighted by atomic mass is 19.2. The number of aliphatic hydroxyl groups excluding tert-OH is 1. The average molecular weight is 243 g/mol. The van der Waals surface area contributed by atoms with Crippen LogP contribution in [0.3, 0.4) is 0 Å². The zero-order chi connectivity index (χ0) is 12.8. The molecule has 3 N–H and O–H groups in total. The topological polar surface area (TPSA) is 46.2 Å². The van der Waals surface area contributed by atoms with Gasteiger partial charge in [0.2, 0.25) is 0 Å². The molecule has 4 heteroatoms. The van der Waals surface area contributed by atoms with Crippen molar-refractivity contribution in [1.29, 1.82) is 0 Å². The molecule has 0 saturated heterocycles. The zero-order valence-electron chi connectivity index (χ0n) is 10.00. The van der Waals surface area contributed by atoms with Crippen LogP contribution in [-0.2, 0) is 0 Å². The van der Waals surface area contributed by atoms with Crippen LogP contribution in [0.1, 0.15) is 31.2 Å². The van der Waals surface area contributed by atoms with E-state index < -0.39 is 11.6 Å². The quantitative estimate of drug-likeness (QED) is 0.806. The van der Waals surface area contributed by atoms with E-state index >= 15 is 0 Å². The first-order valence-electron chi connectivity index (χ1n) is 5.88. The van der Waals surface area contributed by atoms with Gasteiger partial charge in [0, 0.05) is 6.61 Å². The molecule has 1 rings (SSSR count). The van der Waals surface area contributed by atoms with Crippen LogP contribution in [0.4, 0.5) is 8.78 Å². The van der Waals surface area contributed by atoms with Crippen molar-refractivity contribution in [2.24, 2.45) is 11.7 Å². The second-order valence-corrected chi connectivity index (χ2v) is 4.30. The lowest BCUT2D eigenvalue weighted by atomic mass is 9.87. The van der Waals surface area contributed by atoms with Crippen LogP contribution in [0.25, 0.3) is 0 Å². The summed E-state index contributed by atoms with van der Waals surface area (Å²) >= 11 is 0. The van der Waals surface area contributed by atoms with Crippen LogP contribution in [-0.4, -0.2) is 18.3 Å². The Kier molecular flexibility index (Phi) is 5.51. The van der Waals surface area contributed by atoms with Crippen molar-refractivity contribution in [3.05, 3.63) is 35.4 Å². The van der Waals surface area contributed by atoms with Crippen LogP contribution in [0.5, 0.6) is 0 Å². The number of nitrogens with two attached hydrogens (primary N) is 1. The first-order valence-corrected chi connectivity index (χ1v) is 5.88. The molecule has 2 atom stereocenters. The standard InChI is InChI=1S/C13H19F2NO/c1-2-10(5-9(7-16)8-17)11-3-4-12(14)13(15)6-11/h3-4,6,9-10,17H,2,5,7-8,16H2,1H3. The van der Waals surface area contributed by atoms with Crippen molar-refractivity contribution in [1.82, 2.24) is 0 Å². The van der Waals surface area contributed by atoms with Crippen molar-refractivity contribution in [3.63, 3.8) is 0 Å². The predicted molar refractivity (Wildman–Crippen MR) is 63.6 cm³/mol. The molecule has 0 aliphatic heterocycles. The third-order valence-corrected chi connectivity index (χ3v) is 3.12. The zero-order valence-corrected chi connectivity index (χ0v) is 10.00. The molecule has 0 spiro atoms. The van der Waals surface area contributed by atoms with Crippen LogP contribution < -0.4 is 5.73 Å². The predicted octanol–water partition coefficient (Wildman–Crippen LogP) is 2.42. The van der Waals surface area contributed by atoms with E-state index in [1.165, 1.54) is 6.07 Å². The van der Waals surface area contributed by atoms with Crippen LogP contribution in [0.15, 0.2) is 18.2 Å². The highest BCUT2D eigenvalue weighted by Crippen LogP contribution is 2.27. The Labute approximate surface area is 100 Å². The lowest BCUT2D eigenvalue weighted by Gasteiger charge is -2.20. The highest BCUT2D eigenvalue weighted by Gasteiger charge is 2.16. The lowest BCUT2D eigenvalue weighted by molar-refractivity contribution is 0.214. The minimum Gasteiger partial charge on any atom is -0.396 e.